The van der Waals surface area contributed by atoms with Gasteiger partial charge in [0, 0.05) is 0 Å². The monoisotopic (exact) mass is 372 g/mol. The van der Waals surface area contributed by atoms with E-state index in [4.69, 9.17) is 26.0 Å². The van der Waals surface area contributed by atoms with E-state index in [0.717, 1.165) is 0 Å². The van der Waals surface area contributed by atoms with Crippen LogP contribution in [-0.4, -0.2) is 34.6 Å². The van der Waals surface area contributed by atoms with E-state index in [1.54, 1.807) is 60.7 Å². The van der Waals surface area contributed by atoms with E-state index in [1.807, 2.05) is 0 Å². The molecule has 5 N–H and O–H groups in total. The van der Waals surface area contributed by atoms with Crippen LogP contribution in [0.3, 0.4) is 0 Å². The molecule has 2 aromatic carbocycles. The Kier molecular flexibility index (Phi) is 6.64. The van der Waals surface area contributed by atoms with E-state index in [2.05, 4.69) is 0 Å². The molecule has 0 radical (unpaired) electrons. The third-order valence-electron chi connectivity index (χ3n) is 3.86. The summed E-state index contributed by atoms with van der Waals surface area (Å²) in [6.45, 7) is -0.395. The highest BCUT2D eigenvalue weighted by molar-refractivity contribution is 6.09. The molecular weight excluding hydrogens is 352 g/mol. The standard InChI is InChI=1S/C19H20N2O6/c20-15(16(22)23)19(21,17(24)26-11-13-7-3-1-4-8-13)18(25)27-12-14-9-5-2-6-10-14/h1-10,15H,11-12,20-21H2,(H,22,23)/t15-/m1/s1. The van der Waals surface area contributed by atoms with Gasteiger partial charge in [0.05, 0.1) is 0 Å². The normalized spacial score (nSPS) is 12.1. The van der Waals surface area contributed by atoms with Gasteiger partial charge in [0.15, 0.2) is 0 Å². The van der Waals surface area contributed by atoms with Gasteiger partial charge in [-0.1, -0.05) is 60.7 Å². The van der Waals surface area contributed by atoms with Gasteiger partial charge in [-0.15, -0.1) is 0 Å². The first-order chi connectivity index (χ1) is 12.9. The molecule has 0 saturated carbocycles. The van der Waals surface area contributed by atoms with E-state index in [0.29, 0.717) is 11.1 Å². The molecule has 0 aliphatic heterocycles. The summed E-state index contributed by atoms with van der Waals surface area (Å²) in [5, 5.41) is 9.17. The Morgan fingerprint density at radius 2 is 1.22 bits per heavy atom. The summed E-state index contributed by atoms with van der Waals surface area (Å²) in [5.41, 5.74) is 9.89. The average Bonchev–Trinajstić information content (AvgIpc) is 2.70. The van der Waals surface area contributed by atoms with E-state index in [9.17, 15) is 14.4 Å². The summed E-state index contributed by atoms with van der Waals surface area (Å²) < 4.78 is 10.1. The van der Waals surface area contributed by atoms with Crippen LogP contribution >= 0.6 is 0 Å². The van der Waals surface area contributed by atoms with Crippen LogP contribution in [0.4, 0.5) is 0 Å². The second-order valence-corrected chi connectivity index (χ2v) is 5.81. The first-order valence-corrected chi connectivity index (χ1v) is 8.05. The van der Waals surface area contributed by atoms with Crippen molar-refractivity contribution in [2.45, 2.75) is 24.8 Å². The lowest BCUT2D eigenvalue weighted by Crippen LogP contribution is -2.69. The molecule has 0 spiro atoms. The van der Waals surface area contributed by atoms with Gasteiger partial charge in [-0.2, -0.15) is 0 Å². The lowest BCUT2D eigenvalue weighted by atomic mass is 9.91. The zero-order valence-electron chi connectivity index (χ0n) is 14.4. The number of carbonyl (C=O) groups excluding carboxylic acids is 2. The van der Waals surface area contributed by atoms with Gasteiger partial charge >= 0.3 is 17.9 Å². The topological polar surface area (TPSA) is 142 Å². The fourth-order valence-corrected chi connectivity index (χ4v) is 2.22. The van der Waals surface area contributed by atoms with Gasteiger partial charge in [0.1, 0.15) is 19.3 Å². The van der Waals surface area contributed by atoms with Gasteiger partial charge in [-0.25, -0.2) is 9.59 Å². The number of rotatable bonds is 8. The summed E-state index contributed by atoms with van der Waals surface area (Å²) in [5.74, 6) is -4.19. The van der Waals surface area contributed by atoms with Crippen LogP contribution in [0.25, 0.3) is 0 Å². The molecule has 0 heterocycles. The average molecular weight is 372 g/mol. The molecule has 0 saturated heterocycles. The van der Waals surface area contributed by atoms with Gasteiger partial charge in [-0.3, -0.25) is 4.79 Å². The molecule has 1 atom stereocenters. The number of benzene rings is 2. The number of esters is 2. The fourth-order valence-electron chi connectivity index (χ4n) is 2.22. The van der Waals surface area contributed by atoms with Gasteiger partial charge < -0.3 is 26.0 Å². The molecule has 0 aromatic heterocycles. The molecular formula is C19H20N2O6. The van der Waals surface area contributed by atoms with E-state index >= 15 is 0 Å². The van der Waals surface area contributed by atoms with Crippen LogP contribution in [0.2, 0.25) is 0 Å². The number of hydrogen-bond acceptors (Lipinski definition) is 7. The molecule has 27 heavy (non-hydrogen) atoms. The highest BCUT2D eigenvalue weighted by atomic mass is 16.6. The highest BCUT2D eigenvalue weighted by Gasteiger charge is 2.54. The number of carboxylic acids is 1. The molecule has 0 bridgehead atoms. The third-order valence-corrected chi connectivity index (χ3v) is 3.86. The number of hydrogen-bond donors (Lipinski definition) is 3. The largest absolute Gasteiger partial charge is 0.480 e. The Balaban J connectivity index is 2.13. The van der Waals surface area contributed by atoms with Crippen molar-refractivity contribution < 1.29 is 29.0 Å². The maximum absolute atomic E-state index is 12.4. The Hall–Kier alpha value is -3.23. The lowest BCUT2D eigenvalue weighted by molar-refractivity contribution is -0.171. The first-order valence-electron chi connectivity index (χ1n) is 8.05. The quantitative estimate of drug-likeness (QED) is 0.451. The van der Waals surface area contributed by atoms with Crippen molar-refractivity contribution in [2.24, 2.45) is 11.5 Å². The SMILES string of the molecule is N[C@H](C(=O)O)C(N)(C(=O)OCc1ccccc1)C(=O)OCc1ccccc1. The van der Waals surface area contributed by atoms with Crippen LogP contribution in [0.5, 0.6) is 0 Å². The fraction of sp³-hybridized carbons (Fsp3) is 0.211. The second kappa shape index (κ2) is 8.93. The molecule has 0 fully saturated rings. The summed E-state index contributed by atoms with van der Waals surface area (Å²) >= 11 is 0. The lowest BCUT2D eigenvalue weighted by Gasteiger charge is -2.28. The predicted octanol–water partition coefficient (Wildman–Crippen LogP) is 0.583. The van der Waals surface area contributed by atoms with Crippen LogP contribution in [0.1, 0.15) is 11.1 Å². The van der Waals surface area contributed by atoms with E-state index in [1.165, 1.54) is 0 Å². The minimum Gasteiger partial charge on any atom is -0.480 e. The van der Waals surface area contributed by atoms with Crippen molar-refractivity contribution in [3.05, 3.63) is 71.8 Å². The van der Waals surface area contributed by atoms with Gasteiger partial charge in [0.2, 0.25) is 5.54 Å². The second-order valence-electron chi connectivity index (χ2n) is 5.81. The number of carboxylic acid groups (broad SMARTS) is 1. The zero-order valence-corrected chi connectivity index (χ0v) is 14.4. The summed E-state index contributed by atoms with van der Waals surface area (Å²) in [6, 6.07) is 15.2. The van der Waals surface area contributed by atoms with Crippen molar-refractivity contribution in [1.29, 1.82) is 0 Å². The maximum atomic E-state index is 12.4. The molecule has 142 valence electrons. The summed E-state index contributed by atoms with van der Waals surface area (Å²) in [6.07, 6.45) is 0. The molecule has 0 amide bonds. The van der Waals surface area contributed by atoms with Crippen molar-refractivity contribution in [1.82, 2.24) is 0 Å². The molecule has 8 nitrogen and oxygen atoms in total. The van der Waals surface area contributed by atoms with Crippen molar-refractivity contribution in [3.63, 3.8) is 0 Å². The summed E-state index contributed by atoms with van der Waals surface area (Å²) in [4.78, 5) is 36.2. The highest BCUT2D eigenvalue weighted by Crippen LogP contribution is 2.15. The minimum absolute atomic E-state index is 0.197. The Labute approximate surface area is 155 Å². The Bertz CT molecular complexity index is 739. The Morgan fingerprint density at radius 1 is 0.852 bits per heavy atom. The molecule has 0 aliphatic rings. The minimum atomic E-state index is -2.69. The maximum Gasteiger partial charge on any atom is 0.340 e. The third kappa shape index (κ3) is 4.90. The van der Waals surface area contributed by atoms with Crippen LogP contribution in [0.15, 0.2) is 60.7 Å². The van der Waals surface area contributed by atoms with Gasteiger partial charge in [0.25, 0.3) is 0 Å². The molecule has 0 unspecified atom stereocenters. The number of carbonyl (C=O) groups is 3. The van der Waals surface area contributed by atoms with Crippen molar-refractivity contribution in [3.8, 4) is 0 Å². The van der Waals surface area contributed by atoms with Crippen LogP contribution < -0.4 is 11.5 Å². The first kappa shape index (κ1) is 20.1. The molecule has 2 aromatic rings. The van der Waals surface area contributed by atoms with Crippen LogP contribution in [-0.2, 0) is 37.1 Å². The van der Waals surface area contributed by atoms with Crippen LogP contribution in [0, 0.1) is 0 Å². The van der Waals surface area contributed by atoms with E-state index < -0.39 is 29.5 Å². The van der Waals surface area contributed by atoms with E-state index in [-0.39, 0.29) is 13.2 Å². The number of ether oxygens (including phenoxy) is 2. The van der Waals surface area contributed by atoms with Gasteiger partial charge in [-0.05, 0) is 11.1 Å². The zero-order chi connectivity index (χ0) is 19.9. The number of aliphatic carboxylic acids is 1. The summed E-state index contributed by atoms with van der Waals surface area (Å²) in [7, 11) is 0. The van der Waals surface area contributed by atoms with Crippen molar-refractivity contribution in [2.75, 3.05) is 0 Å². The number of nitrogens with two attached hydrogens (primary N) is 2. The van der Waals surface area contributed by atoms with Crippen molar-refractivity contribution >= 4 is 17.9 Å². The smallest absolute Gasteiger partial charge is 0.340 e. The Morgan fingerprint density at radius 3 is 1.56 bits per heavy atom. The predicted molar refractivity (Wildman–Crippen MR) is 95.0 cm³/mol. The molecule has 0 aliphatic carbocycles. The molecule has 2 rings (SSSR count). The molecule has 8 heteroatoms.